The lowest BCUT2D eigenvalue weighted by Gasteiger charge is -2.11. The van der Waals surface area contributed by atoms with Gasteiger partial charge in [0, 0.05) is 16.3 Å². The zero-order valence-corrected chi connectivity index (χ0v) is 17.1. The summed E-state index contributed by atoms with van der Waals surface area (Å²) in [6, 6.07) is 18.2. The Hall–Kier alpha value is -3.17. The van der Waals surface area contributed by atoms with Gasteiger partial charge in [0.15, 0.2) is 0 Å². The van der Waals surface area contributed by atoms with Crippen molar-refractivity contribution < 1.29 is 21.6 Å². The maximum atomic E-state index is 12.5. The minimum atomic E-state index is -5.45. The van der Waals surface area contributed by atoms with E-state index in [1.54, 1.807) is 24.4 Å². The van der Waals surface area contributed by atoms with E-state index in [9.17, 15) is 21.6 Å². The Morgan fingerprint density at radius 2 is 1.39 bits per heavy atom. The van der Waals surface area contributed by atoms with Crippen molar-refractivity contribution in [3.8, 4) is 22.4 Å². The average molecular weight is 464 g/mol. The molecule has 0 aliphatic rings. The van der Waals surface area contributed by atoms with Gasteiger partial charge in [-0.2, -0.15) is 21.6 Å². The zero-order valence-electron chi connectivity index (χ0n) is 15.6. The van der Waals surface area contributed by atoms with Crippen molar-refractivity contribution in [2.45, 2.75) is 5.51 Å². The van der Waals surface area contributed by atoms with E-state index in [2.05, 4.69) is 9.97 Å². The van der Waals surface area contributed by atoms with Crippen molar-refractivity contribution >= 4 is 38.3 Å². The molecule has 0 spiro atoms. The summed E-state index contributed by atoms with van der Waals surface area (Å²) in [6.45, 7) is 0. The molecule has 31 heavy (non-hydrogen) atoms. The molecule has 0 atom stereocenters. The maximum absolute atomic E-state index is 12.5. The smallest absolute Gasteiger partial charge is 0.276 e. The van der Waals surface area contributed by atoms with E-state index < -0.39 is 15.5 Å². The van der Waals surface area contributed by atoms with Crippen LogP contribution in [0.15, 0.2) is 72.9 Å². The number of nitrogens with one attached hydrogen (secondary N) is 1. The molecule has 0 radical (unpaired) electrons. The molecule has 10 heteroatoms. The largest absolute Gasteiger partial charge is 0.516 e. The third kappa shape index (κ3) is 4.47. The lowest BCUT2D eigenvalue weighted by molar-refractivity contribution is -0.0429. The van der Waals surface area contributed by atoms with Gasteiger partial charge < -0.3 is 0 Å². The molecule has 0 saturated heterocycles. The molecule has 0 saturated carbocycles. The Labute approximate surface area is 180 Å². The number of hydrogen-bond acceptors (Lipinski definition) is 4. The molecular formula is C21H13ClF3N3O2S. The van der Waals surface area contributed by atoms with Crippen LogP contribution in [0.1, 0.15) is 0 Å². The molecule has 0 aliphatic carbocycles. The van der Waals surface area contributed by atoms with E-state index in [1.807, 2.05) is 24.3 Å². The average Bonchev–Trinajstić information content (AvgIpc) is 2.73. The Balaban J connectivity index is 1.55. The fraction of sp³-hybridized carbons (Fsp3) is 0.0476. The Morgan fingerprint density at radius 3 is 2.00 bits per heavy atom. The number of alkyl halides is 3. The van der Waals surface area contributed by atoms with E-state index in [-0.39, 0.29) is 5.69 Å². The van der Waals surface area contributed by atoms with E-state index >= 15 is 0 Å². The van der Waals surface area contributed by atoms with Gasteiger partial charge in [0.05, 0.1) is 22.9 Å². The topological polar surface area (TPSA) is 72.0 Å². The molecule has 4 aromatic rings. The van der Waals surface area contributed by atoms with Gasteiger partial charge in [-0.05, 0) is 41.5 Å². The van der Waals surface area contributed by atoms with Crippen LogP contribution in [0.4, 0.5) is 18.9 Å². The van der Waals surface area contributed by atoms with Gasteiger partial charge in [0.1, 0.15) is 0 Å². The first-order chi connectivity index (χ1) is 14.6. The monoisotopic (exact) mass is 463 g/mol. The minimum Gasteiger partial charge on any atom is -0.276 e. The lowest BCUT2D eigenvalue weighted by atomic mass is 10.0. The summed E-state index contributed by atoms with van der Waals surface area (Å²) >= 11 is 5.96. The fourth-order valence-electron chi connectivity index (χ4n) is 2.90. The standard InChI is InChI=1S/C21H13ClF3N3O2S/c22-16-7-10-18-19(11-16)26-12-20(27-18)15-3-1-13(2-4-15)14-5-8-17(9-6-14)28-31(29,30)21(23,24)25/h1-12,28H. The summed E-state index contributed by atoms with van der Waals surface area (Å²) in [7, 11) is -5.45. The van der Waals surface area contributed by atoms with Crippen molar-refractivity contribution in [3.05, 3.63) is 77.9 Å². The summed E-state index contributed by atoms with van der Waals surface area (Å²) < 4.78 is 61.3. The van der Waals surface area contributed by atoms with E-state index in [0.29, 0.717) is 27.3 Å². The second-order valence-corrected chi connectivity index (χ2v) is 8.70. The number of sulfonamides is 1. The highest BCUT2D eigenvalue weighted by atomic mass is 35.5. The summed E-state index contributed by atoms with van der Waals surface area (Å²) in [4.78, 5) is 8.95. The molecule has 0 aliphatic heterocycles. The van der Waals surface area contributed by atoms with Crippen molar-refractivity contribution in [2.75, 3.05) is 4.72 Å². The molecule has 0 amide bonds. The molecule has 1 N–H and O–H groups in total. The predicted molar refractivity (Wildman–Crippen MR) is 114 cm³/mol. The molecule has 1 heterocycles. The molecule has 3 aromatic carbocycles. The second kappa shape index (κ2) is 7.82. The number of hydrogen-bond donors (Lipinski definition) is 1. The molecule has 4 rings (SSSR count). The third-order valence-electron chi connectivity index (χ3n) is 4.46. The first-order valence-corrected chi connectivity index (χ1v) is 10.7. The minimum absolute atomic E-state index is 0.177. The molecule has 1 aromatic heterocycles. The molecule has 5 nitrogen and oxygen atoms in total. The first kappa shape index (κ1) is 21.1. The van der Waals surface area contributed by atoms with Crippen LogP contribution >= 0.6 is 11.6 Å². The lowest BCUT2D eigenvalue weighted by Crippen LogP contribution is -2.29. The number of anilines is 1. The van der Waals surface area contributed by atoms with Gasteiger partial charge in [0.2, 0.25) is 0 Å². The van der Waals surface area contributed by atoms with Crippen molar-refractivity contribution in [3.63, 3.8) is 0 Å². The highest BCUT2D eigenvalue weighted by Crippen LogP contribution is 2.28. The SMILES string of the molecule is O=S(=O)(Nc1ccc(-c2ccc(-c3cnc4cc(Cl)ccc4n3)cc2)cc1)C(F)(F)F. The highest BCUT2D eigenvalue weighted by Gasteiger charge is 2.46. The highest BCUT2D eigenvalue weighted by molar-refractivity contribution is 7.93. The Bertz CT molecular complexity index is 1360. The number of halogens is 4. The number of rotatable bonds is 4. The van der Waals surface area contributed by atoms with Crippen molar-refractivity contribution in [1.82, 2.24) is 9.97 Å². The van der Waals surface area contributed by atoms with E-state index in [1.165, 1.54) is 29.0 Å². The van der Waals surface area contributed by atoms with Gasteiger partial charge in [-0.1, -0.05) is 48.0 Å². The van der Waals surface area contributed by atoms with Crippen LogP contribution in [0.25, 0.3) is 33.4 Å². The third-order valence-corrected chi connectivity index (χ3v) is 5.81. The molecule has 158 valence electrons. The van der Waals surface area contributed by atoms with Crippen LogP contribution < -0.4 is 4.72 Å². The number of aromatic nitrogens is 2. The quantitative estimate of drug-likeness (QED) is 0.410. The number of fused-ring (bicyclic) bond motifs is 1. The van der Waals surface area contributed by atoms with E-state index in [4.69, 9.17) is 11.6 Å². The van der Waals surface area contributed by atoms with Crippen LogP contribution in [0.2, 0.25) is 5.02 Å². The van der Waals surface area contributed by atoms with E-state index in [0.717, 1.165) is 11.1 Å². The Morgan fingerprint density at radius 1 is 0.806 bits per heavy atom. The summed E-state index contributed by atoms with van der Waals surface area (Å²) in [5.41, 5.74) is -1.13. The summed E-state index contributed by atoms with van der Waals surface area (Å²) in [5, 5.41) is 0.580. The fourth-order valence-corrected chi connectivity index (χ4v) is 3.63. The molecule has 0 unspecified atom stereocenters. The summed E-state index contributed by atoms with van der Waals surface area (Å²) in [6.07, 6.45) is 1.65. The second-order valence-electron chi connectivity index (χ2n) is 6.59. The summed E-state index contributed by atoms with van der Waals surface area (Å²) in [5.74, 6) is 0. The van der Waals surface area contributed by atoms with Gasteiger partial charge in [-0.3, -0.25) is 9.71 Å². The van der Waals surface area contributed by atoms with Gasteiger partial charge in [0.25, 0.3) is 0 Å². The molecular weight excluding hydrogens is 451 g/mol. The van der Waals surface area contributed by atoms with Crippen LogP contribution in [0.5, 0.6) is 0 Å². The first-order valence-electron chi connectivity index (χ1n) is 8.85. The Kier molecular flexibility index (Phi) is 5.32. The molecule has 0 fully saturated rings. The number of benzene rings is 3. The molecule has 0 bridgehead atoms. The van der Waals surface area contributed by atoms with Crippen LogP contribution in [0, 0.1) is 0 Å². The van der Waals surface area contributed by atoms with Crippen LogP contribution in [-0.4, -0.2) is 23.9 Å². The van der Waals surface area contributed by atoms with Gasteiger partial charge in [-0.15, -0.1) is 0 Å². The number of nitrogens with zero attached hydrogens (tertiary/aromatic N) is 2. The van der Waals surface area contributed by atoms with Crippen LogP contribution in [-0.2, 0) is 10.0 Å². The van der Waals surface area contributed by atoms with Gasteiger partial charge >= 0.3 is 15.5 Å². The normalized spacial score (nSPS) is 12.1. The zero-order chi connectivity index (χ0) is 22.2. The van der Waals surface area contributed by atoms with Crippen molar-refractivity contribution in [1.29, 1.82) is 0 Å². The van der Waals surface area contributed by atoms with Crippen LogP contribution in [0.3, 0.4) is 0 Å². The van der Waals surface area contributed by atoms with Gasteiger partial charge in [-0.25, -0.2) is 4.98 Å². The predicted octanol–water partition coefficient (Wildman–Crippen LogP) is 5.88. The maximum Gasteiger partial charge on any atom is 0.516 e. The van der Waals surface area contributed by atoms with Crippen molar-refractivity contribution in [2.24, 2.45) is 0 Å².